The molecule has 3 aromatic carbocycles. The zero-order valence-electron chi connectivity index (χ0n) is 17.5. The van der Waals surface area contributed by atoms with E-state index in [1.807, 2.05) is 6.07 Å². The van der Waals surface area contributed by atoms with Gasteiger partial charge in [-0.05, 0) is 48.5 Å². The van der Waals surface area contributed by atoms with E-state index < -0.39 is 15.9 Å². The van der Waals surface area contributed by atoms with Crippen molar-refractivity contribution in [1.29, 1.82) is 0 Å². The maximum absolute atomic E-state index is 12.4. The van der Waals surface area contributed by atoms with E-state index in [1.54, 1.807) is 48.5 Å². The molecule has 0 aliphatic carbocycles. The van der Waals surface area contributed by atoms with Crippen molar-refractivity contribution in [3.63, 3.8) is 0 Å². The second-order valence-corrected chi connectivity index (χ2v) is 8.61. The van der Waals surface area contributed by atoms with Gasteiger partial charge in [0.15, 0.2) is 12.4 Å². The molecule has 3 rings (SSSR count). The van der Waals surface area contributed by atoms with E-state index in [4.69, 9.17) is 9.57 Å². The summed E-state index contributed by atoms with van der Waals surface area (Å²) in [7, 11) is -1.22. The summed E-state index contributed by atoms with van der Waals surface area (Å²) in [5.74, 6) is -0.0788. The van der Waals surface area contributed by atoms with Crippen molar-refractivity contribution >= 4 is 27.4 Å². The average Bonchev–Trinajstić information content (AvgIpc) is 2.83. The number of sulfonamides is 1. The lowest BCUT2D eigenvalue weighted by Crippen LogP contribution is -2.25. The molecule has 32 heavy (non-hydrogen) atoms. The fraction of sp³-hybridized carbons (Fsp3) is 0.130. The van der Waals surface area contributed by atoms with Crippen LogP contribution in [0, 0.1) is 0 Å². The van der Waals surface area contributed by atoms with Gasteiger partial charge in [0, 0.05) is 23.9 Å². The third kappa shape index (κ3) is 5.58. The van der Waals surface area contributed by atoms with E-state index >= 15 is 0 Å². The Morgan fingerprint density at radius 2 is 1.47 bits per heavy atom. The Hall–Kier alpha value is -3.53. The highest BCUT2D eigenvalue weighted by Gasteiger charge is 2.20. The number of carbonyl (C=O) groups is 2. The summed E-state index contributed by atoms with van der Waals surface area (Å²) in [5.41, 5.74) is 1.52. The molecule has 3 aromatic rings. The second kappa shape index (κ2) is 10.2. The van der Waals surface area contributed by atoms with Crippen LogP contribution in [0.3, 0.4) is 0 Å². The first-order valence-corrected chi connectivity index (χ1v) is 11.0. The van der Waals surface area contributed by atoms with Crippen molar-refractivity contribution < 1.29 is 27.6 Å². The lowest BCUT2D eigenvalue weighted by Gasteiger charge is -2.14. The molecule has 0 aliphatic rings. The number of hydrogen-bond acceptors (Lipinski definition) is 6. The first kappa shape index (κ1) is 23.1. The smallest absolute Gasteiger partial charge is 0.264 e. The van der Waals surface area contributed by atoms with Gasteiger partial charge in [-0.3, -0.25) is 14.4 Å². The zero-order valence-corrected chi connectivity index (χ0v) is 18.3. The van der Waals surface area contributed by atoms with E-state index in [0.29, 0.717) is 22.6 Å². The number of carbonyl (C=O) groups excluding carboxylic acids is 2. The number of ketones is 1. The average molecular weight is 455 g/mol. The molecule has 166 valence electrons. The van der Waals surface area contributed by atoms with Gasteiger partial charge in [-0.1, -0.05) is 34.8 Å². The van der Waals surface area contributed by atoms with Crippen LogP contribution >= 0.6 is 0 Å². The summed E-state index contributed by atoms with van der Waals surface area (Å²) in [5, 5.41) is 2.63. The van der Waals surface area contributed by atoms with Crippen molar-refractivity contribution in [2.75, 3.05) is 26.1 Å². The quantitative estimate of drug-likeness (QED) is 0.394. The Balaban J connectivity index is 1.54. The summed E-state index contributed by atoms with van der Waals surface area (Å²) in [6.07, 6.45) is 0. The molecule has 0 aromatic heterocycles. The normalized spacial score (nSPS) is 11.2. The molecule has 0 heterocycles. The van der Waals surface area contributed by atoms with Crippen LogP contribution in [0.1, 0.15) is 15.9 Å². The molecule has 8 nitrogen and oxygen atoms in total. The maximum Gasteiger partial charge on any atom is 0.264 e. The van der Waals surface area contributed by atoms with Crippen molar-refractivity contribution in [1.82, 2.24) is 4.47 Å². The molecular formula is C23H22N2O6S. The number of benzene rings is 3. The van der Waals surface area contributed by atoms with Crippen LogP contribution in [0.5, 0.6) is 5.75 Å². The Kier molecular flexibility index (Phi) is 7.37. The number of nitrogens with zero attached hydrogens (tertiary/aromatic N) is 1. The van der Waals surface area contributed by atoms with Crippen LogP contribution in [0.2, 0.25) is 0 Å². The number of hydrogen-bond donors (Lipinski definition) is 1. The molecule has 1 N–H and O–H groups in total. The summed E-state index contributed by atoms with van der Waals surface area (Å²) in [6, 6.07) is 21.1. The fourth-order valence-electron chi connectivity index (χ4n) is 2.76. The van der Waals surface area contributed by atoms with E-state index in [2.05, 4.69) is 5.32 Å². The number of hydroxylamine groups is 1. The van der Waals surface area contributed by atoms with Gasteiger partial charge in [0.25, 0.3) is 15.9 Å². The standard InChI is InChI=1S/C23H22N2O6S/c1-25(30-2)32(28,29)21-14-10-19(11-15-21)24-22(26)16-31-20-12-8-18(9-13-20)23(27)17-6-4-3-5-7-17/h3-15H,16H2,1-2H3,(H,24,26). The molecule has 0 unspecified atom stereocenters. The number of nitrogens with one attached hydrogen (secondary N) is 1. The Labute approximate surface area is 186 Å². The topological polar surface area (TPSA) is 102 Å². The molecule has 0 saturated heterocycles. The van der Waals surface area contributed by atoms with Gasteiger partial charge in [0.05, 0.1) is 12.0 Å². The fourth-order valence-corrected chi connectivity index (χ4v) is 3.73. The first-order valence-electron chi connectivity index (χ1n) is 9.57. The minimum Gasteiger partial charge on any atom is -0.484 e. The molecule has 0 spiro atoms. The number of amides is 1. The number of anilines is 1. The van der Waals surface area contributed by atoms with Crippen molar-refractivity contribution in [3.8, 4) is 5.75 Å². The number of rotatable bonds is 9. The minimum atomic E-state index is -3.76. The predicted molar refractivity (Wildman–Crippen MR) is 119 cm³/mol. The van der Waals surface area contributed by atoms with Crippen LogP contribution in [0.15, 0.2) is 83.8 Å². The van der Waals surface area contributed by atoms with Gasteiger partial charge in [0.2, 0.25) is 0 Å². The molecule has 0 fully saturated rings. The van der Waals surface area contributed by atoms with E-state index in [-0.39, 0.29) is 17.3 Å². The van der Waals surface area contributed by atoms with E-state index in [0.717, 1.165) is 4.47 Å². The Morgan fingerprint density at radius 3 is 2.06 bits per heavy atom. The molecule has 0 radical (unpaired) electrons. The van der Waals surface area contributed by atoms with Crippen LogP contribution in [0.25, 0.3) is 0 Å². The van der Waals surface area contributed by atoms with Gasteiger partial charge in [0.1, 0.15) is 5.75 Å². The molecule has 0 atom stereocenters. The van der Waals surface area contributed by atoms with Crippen molar-refractivity contribution in [3.05, 3.63) is 90.0 Å². The van der Waals surface area contributed by atoms with Crippen LogP contribution < -0.4 is 10.1 Å². The van der Waals surface area contributed by atoms with Crippen LogP contribution in [0.4, 0.5) is 5.69 Å². The third-order valence-electron chi connectivity index (χ3n) is 4.55. The highest BCUT2D eigenvalue weighted by Crippen LogP contribution is 2.18. The van der Waals surface area contributed by atoms with Gasteiger partial charge in [-0.15, -0.1) is 0 Å². The first-order chi connectivity index (χ1) is 15.3. The molecule has 0 bridgehead atoms. The third-order valence-corrected chi connectivity index (χ3v) is 6.25. The van der Waals surface area contributed by atoms with Crippen LogP contribution in [-0.4, -0.2) is 45.3 Å². The van der Waals surface area contributed by atoms with Crippen molar-refractivity contribution in [2.45, 2.75) is 4.90 Å². The highest BCUT2D eigenvalue weighted by molar-refractivity contribution is 7.89. The number of ether oxygens (including phenoxy) is 1. The summed E-state index contributed by atoms with van der Waals surface area (Å²) >= 11 is 0. The van der Waals surface area contributed by atoms with Gasteiger partial charge in [-0.25, -0.2) is 8.42 Å². The Morgan fingerprint density at radius 1 is 0.875 bits per heavy atom. The highest BCUT2D eigenvalue weighted by atomic mass is 32.2. The molecule has 0 saturated carbocycles. The Bertz CT molecular complexity index is 1180. The van der Waals surface area contributed by atoms with Crippen LogP contribution in [-0.2, 0) is 19.7 Å². The molecule has 9 heteroatoms. The monoisotopic (exact) mass is 454 g/mol. The largest absolute Gasteiger partial charge is 0.484 e. The van der Waals surface area contributed by atoms with Gasteiger partial charge >= 0.3 is 0 Å². The lowest BCUT2D eigenvalue weighted by atomic mass is 10.0. The lowest BCUT2D eigenvalue weighted by molar-refractivity contribution is -0.118. The SMILES string of the molecule is CON(C)S(=O)(=O)c1ccc(NC(=O)COc2ccc(C(=O)c3ccccc3)cc2)cc1. The second-order valence-electron chi connectivity index (χ2n) is 6.68. The summed E-state index contributed by atoms with van der Waals surface area (Å²) in [6.45, 7) is -0.252. The molecule has 0 aliphatic heterocycles. The zero-order chi connectivity index (χ0) is 23.1. The van der Waals surface area contributed by atoms with E-state index in [1.165, 1.54) is 38.4 Å². The van der Waals surface area contributed by atoms with Gasteiger partial charge in [-0.2, -0.15) is 0 Å². The predicted octanol–water partition coefficient (Wildman–Crippen LogP) is 3.12. The molecule has 1 amide bonds. The minimum absolute atomic E-state index is 0.0289. The molecular weight excluding hydrogens is 432 g/mol. The summed E-state index contributed by atoms with van der Waals surface area (Å²) in [4.78, 5) is 29.3. The van der Waals surface area contributed by atoms with Gasteiger partial charge < -0.3 is 10.1 Å². The summed E-state index contributed by atoms with van der Waals surface area (Å²) < 4.78 is 30.6. The van der Waals surface area contributed by atoms with E-state index in [9.17, 15) is 18.0 Å². The maximum atomic E-state index is 12.4. The van der Waals surface area contributed by atoms with Crippen molar-refractivity contribution in [2.24, 2.45) is 0 Å².